The van der Waals surface area contributed by atoms with Crippen molar-refractivity contribution < 1.29 is 19.0 Å². The van der Waals surface area contributed by atoms with Gasteiger partial charge in [-0.15, -0.1) is 0 Å². The first kappa shape index (κ1) is 19.0. The van der Waals surface area contributed by atoms with Crippen LogP contribution in [0.1, 0.15) is 21.5 Å². The summed E-state index contributed by atoms with van der Waals surface area (Å²) in [4.78, 5) is 30.2. The van der Waals surface area contributed by atoms with Crippen molar-refractivity contribution in [3.05, 3.63) is 69.5 Å². The molecule has 0 saturated heterocycles. The SMILES string of the molecule is COCCN(Cc1cc2cc3c(cc2[nH]c1=O)OCO3)C(=O)c1cccc(C)c1. The first-order valence-corrected chi connectivity index (χ1v) is 9.35. The number of aromatic amines is 1. The van der Waals surface area contributed by atoms with Crippen molar-refractivity contribution >= 4 is 16.8 Å². The molecule has 1 aromatic heterocycles. The first-order chi connectivity index (χ1) is 14.0. The summed E-state index contributed by atoms with van der Waals surface area (Å²) in [6.45, 7) is 3.03. The standard InChI is InChI=1S/C22H22N2O5/c1-14-4-3-5-15(8-14)22(26)24(6-7-27-2)12-17-9-16-10-19-20(29-13-28-19)11-18(16)23-21(17)25/h3-5,8-11H,6-7,12-13H2,1-2H3,(H,23,25). The number of nitrogens with one attached hydrogen (secondary N) is 1. The zero-order valence-corrected chi connectivity index (χ0v) is 16.4. The molecule has 0 spiro atoms. The molecule has 29 heavy (non-hydrogen) atoms. The van der Waals surface area contributed by atoms with Gasteiger partial charge >= 0.3 is 0 Å². The van der Waals surface area contributed by atoms with E-state index < -0.39 is 0 Å². The maximum Gasteiger partial charge on any atom is 0.254 e. The highest BCUT2D eigenvalue weighted by Crippen LogP contribution is 2.35. The largest absolute Gasteiger partial charge is 0.454 e. The molecule has 0 radical (unpaired) electrons. The molecule has 0 bridgehead atoms. The average Bonchev–Trinajstić information content (AvgIpc) is 3.16. The van der Waals surface area contributed by atoms with Crippen LogP contribution in [-0.4, -0.2) is 42.8 Å². The van der Waals surface area contributed by atoms with E-state index in [4.69, 9.17) is 14.2 Å². The van der Waals surface area contributed by atoms with E-state index in [0.29, 0.717) is 41.3 Å². The molecular weight excluding hydrogens is 372 g/mol. The van der Waals surface area contributed by atoms with Gasteiger partial charge in [-0.2, -0.15) is 0 Å². The van der Waals surface area contributed by atoms with Gasteiger partial charge in [0.2, 0.25) is 6.79 Å². The molecule has 0 unspecified atom stereocenters. The summed E-state index contributed by atoms with van der Waals surface area (Å²) < 4.78 is 15.9. The number of rotatable bonds is 6. The van der Waals surface area contributed by atoms with E-state index in [-0.39, 0.29) is 24.8 Å². The van der Waals surface area contributed by atoms with Crippen molar-refractivity contribution in [2.75, 3.05) is 27.1 Å². The van der Waals surface area contributed by atoms with Gasteiger partial charge in [-0.05, 0) is 31.2 Å². The molecule has 0 saturated carbocycles. The van der Waals surface area contributed by atoms with E-state index in [0.717, 1.165) is 10.9 Å². The minimum atomic E-state index is -0.240. The third kappa shape index (κ3) is 3.95. The highest BCUT2D eigenvalue weighted by atomic mass is 16.7. The van der Waals surface area contributed by atoms with Crippen molar-refractivity contribution in [1.82, 2.24) is 9.88 Å². The fourth-order valence-electron chi connectivity index (χ4n) is 3.38. The summed E-state index contributed by atoms with van der Waals surface area (Å²) in [6.07, 6.45) is 0. The fourth-order valence-corrected chi connectivity index (χ4v) is 3.38. The number of pyridine rings is 1. The second-order valence-electron chi connectivity index (χ2n) is 7.01. The number of hydrogen-bond donors (Lipinski definition) is 1. The summed E-state index contributed by atoms with van der Waals surface area (Å²) in [5.41, 5.74) is 2.50. The van der Waals surface area contributed by atoms with E-state index in [1.54, 1.807) is 30.2 Å². The third-order valence-corrected chi connectivity index (χ3v) is 4.89. The van der Waals surface area contributed by atoms with Gasteiger partial charge in [-0.3, -0.25) is 9.59 Å². The second kappa shape index (κ2) is 7.97. The van der Waals surface area contributed by atoms with Gasteiger partial charge < -0.3 is 24.1 Å². The first-order valence-electron chi connectivity index (χ1n) is 9.35. The molecule has 7 heteroatoms. The molecule has 1 aliphatic heterocycles. The van der Waals surface area contributed by atoms with E-state index >= 15 is 0 Å². The molecule has 0 fully saturated rings. The Hall–Kier alpha value is -3.32. The Balaban J connectivity index is 1.67. The number of ether oxygens (including phenoxy) is 3. The quantitative estimate of drug-likeness (QED) is 0.695. The molecule has 2 heterocycles. The summed E-state index contributed by atoms with van der Waals surface area (Å²) >= 11 is 0. The normalized spacial score (nSPS) is 12.3. The number of H-pyrrole nitrogens is 1. The lowest BCUT2D eigenvalue weighted by Gasteiger charge is -2.22. The minimum Gasteiger partial charge on any atom is -0.454 e. The molecule has 1 N–H and O–H groups in total. The topological polar surface area (TPSA) is 80.9 Å². The van der Waals surface area contributed by atoms with E-state index in [1.165, 1.54) is 0 Å². The van der Waals surface area contributed by atoms with Crippen molar-refractivity contribution in [2.24, 2.45) is 0 Å². The smallest absolute Gasteiger partial charge is 0.254 e. The zero-order valence-electron chi connectivity index (χ0n) is 16.4. The molecule has 7 nitrogen and oxygen atoms in total. The number of aryl methyl sites for hydroxylation is 1. The maximum absolute atomic E-state index is 13.1. The number of benzene rings is 2. The van der Waals surface area contributed by atoms with Crippen LogP contribution in [0.4, 0.5) is 0 Å². The number of amides is 1. The number of nitrogens with zero attached hydrogens (tertiary/aromatic N) is 1. The second-order valence-corrected chi connectivity index (χ2v) is 7.01. The number of hydrogen-bond acceptors (Lipinski definition) is 5. The van der Waals surface area contributed by atoms with E-state index in [2.05, 4.69) is 4.98 Å². The molecule has 2 aromatic carbocycles. The van der Waals surface area contributed by atoms with Crippen molar-refractivity contribution in [3.8, 4) is 11.5 Å². The lowest BCUT2D eigenvalue weighted by atomic mass is 10.1. The van der Waals surface area contributed by atoms with Crippen LogP contribution in [0, 0.1) is 6.92 Å². The Morgan fingerprint density at radius 3 is 2.72 bits per heavy atom. The van der Waals surface area contributed by atoms with Crippen LogP contribution in [0.2, 0.25) is 0 Å². The van der Waals surface area contributed by atoms with Gasteiger partial charge in [-0.1, -0.05) is 17.7 Å². The fraction of sp³-hybridized carbons (Fsp3) is 0.273. The Bertz CT molecular complexity index is 1120. The predicted molar refractivity (Wildman–Crippen MR) is 108 cm³/mol. The monoisotopic (exact) mass is 394 g/mol. The molecule has 0 atom stereocenters. The van der Waals surface area contributed by atoms with Crippen LogP contribution in [0.25, 0.3) is 10.9 Å². The highest BCUT2D eigenvalue weighted by Gasteiger charge is 2.19. The Morgan fingerprint density at radius 2 is 1.97 bits per heavy atom. The van der Waals surface area contributed by atoms with Crippen LogP contribution in [-0.2, 0) is 11.3 Å². The van der Waals surface area contributed by atoms with E-state index in [1.807, 2.05) is 31.2 Å². The Kier molecular flexibility index (Phi) is 5.22. The molecule has 1 amide bonds. The molecule has 150 valence electrons. The predicted octanol–water partition coefficient (Wildman–Crippen LogP) is 2.85. The summed E-state index contributed by atoms with van der Waals surface area (Å²) in [5.74, 6) is 1.11. The van der Waals surface area contributed by atoms with Crippen molar-refractivity contribution in [2.45, 2.75) is 13.5 Å². The highest BCUT2D eigenvalue weighted by molar-refractivity contribution is 5.94. The van der Waals surface area contributed by atoms with Gasteiger partial charge in [-0.25, -0.2) is 0 Å². The summed E-state index contributed by atoms with van der Waals surface area (Å²) in [7, 11) is 1.58. The van der Waals surface area contributed by atoms with Crippen molar-refractivity contribution in [3.63, 3.8) is 0 Å². The molecule has 4 rings (SSSR count). The summed E-state index contributed by atoms with van der Waals surface area (Å²) in [6, 6.07) is 12.8. The molecule has 3 aromatic rings. The summed E-state index contributed by atoms with van der Waals surface area (Å²) in [5, 5.41) is 0.818. The lowest BCUT2D eigenvalue weighted by Crippen LogP contribution is -2.35. The van der Waals surface area contributed by atoms with E-state index in [9.17, 15) is 9.59 Å². The third-order valence-electron chi connectivity index (χ3n) is 4.89. The Labute approximate surface area is 167 Å². The van der Waals surface area contributed by atoms with Crippen LogP contribution in [0.5, 0.6) is 11.5 Å². The molecule has 1 aliphatic rings. The zero-order chi connectivity index (χ0) is 20.4. The number of aromatic nitrogens is 1. The van der Waals surface area contributed by atoms with Gasteiger partial charge in [0.05, 0.1) is 18.7 Å². The van der Waals surface area contributed by atoms with Gasteiger partial charge in [0, 0.05) is 36.2 Å². The van der Waals surface area contributed by atoms with Crippen LogP contribution >= 0.6 is 0 Å². The van der Waals surface area contributed by atoms with Crippen LogP contribution in [0.3, 0.4) is 0 Å². The number of carbonyl (C=O) groups excluding carboxylic acids is 1. The molecule has 0 aliphatic carbocycles. The van der Waals surface area contributed by atoms with Gasteiger partial charge in [0.15, 0.2) is 11.5 Å². The number of carbonyl (C=O) groups is 1. The minimum absolute atomic E-state index is 0.143. The Morgan fingerprint density at radius 1 is 1.17 bits per heavy atom. The lowest BCUT2D eigenvalue weighted by molar-refractivity contribution is 0.0679. The van der Waals surface area contributed by atoms with Crippen molar-refractivity contribution in [1.29, 1.82) is 0 Å². The van der Waals surface area contributed by atoms with Gasteiger partial charge in [0.25, 0.3) is 11.5 Å². The van der Waals surface area contributed by atoms with Crippen LogP contribution < -0.4 is 15.0 Å². The van der Waals surface area contributed by atoms with Crippen LogP contribution in [0.15, 0.2) is 47.3 Å². The molecular formula is C22H22N2O5. The maximum atomic E-state index is 13.1. The van der Waals surface area contributed by atoms with Gasteiger partial charge in [0.1, 0.15) is 0 Å². The number of methoxy groups -OCH3 is 1. The average molecular weight is 394 g/mol. The number of fused-ring (bicyclic) bond motifs is 2.